The van der Waals surface area contributed by atoms with Crippen molar-refractivity contribution >= 4 is 23.2 Å². The third-order valence-electron chi connectivity index (χ3n) is 4.40. The number of hydrogen-bond acceptors (Lipinski definition) is 1. The average molecular weight is 358 g/mol. The van der Waals surface area contributed by atoms with Gasteiger partial charge in [-0.15, -0.1) is 11.6 Å². The molecule has 1 amide bonds. The van der Waals surface area contributed by atoms with Crippen LogP contribution in [-0.2, 0) is 12.3 Å². The van der Waals surface area contributed by atoms with Gasteiger partial charge in [-0.2, -0.15) is 0 Å². The molecule has 25 heavy (non-hydrogen) atoms. The quantitative estimate of drug-likeness (QED) is 0.377. The monoisotopic (exact) mass is 357 g/mol. The third kappa shape index (κ3) is 6.91. The Morgan fingerprint density at radius 3 is 2.08 bits per heavy atom. The van der Waals surface area contributed by atoms with Gasteiger partial charge in [0.05, 0.1) is 0 Å². The van der Waals surface area contributed by atoms with Gasteiger partial charge in [0.15, 0.2) is 0 Å². The predicted molar refractivity (Wildman–Crippen MR) is 107 cm³/mol. The van der Waals surface area contributed by atoms with Gasteiger partial charge < -0.3 is 5.32 Å². The predicted octanol–water partition coefficient (Wildman–Crippen LogP) is 6.58. The summed E-state index contributed by atoms with van der Waals surface area (Å²) in [6.07, 6.45) is 8.99. The lowest BCUT2D eigenvalue weighted by Gasteiger charge is -2.07. The van der Waals surface area contributed by atoms with Crippen LogP contribution >= 0.6 is 11.6 Å². The highest BCUT2D eigenvalue weighted by atomic mass is 35.5. The van der Waals surface area contributed by atoms with E-state index in [0.717, 1.165) is 17.7 Å². The van der Waals surface area contributed by atoms with E-state index < -0.39 is 0 Å². The van der Waals surface area contributed by atoms with Gasteiger partial charge >= 0.3 is 0 Å². The van der Waals surface area contributed by atoms with Gasteiger partial charge in [0.1, 0.15) is 0 Å². The number of amides is 1. The van der Waals surface area contributed by atoms with E-state index in [1.54, 1.807) is 12.1 Å². The van der Waals surface area contributed by atoms with Gasteiger partial charge in [-0.25, -0.2) is 0 Å². The normalized spacial score (nSPS) is 10.6. The van der Waals surface area contributed by atoms with Crippen molar-refractivity contribution in [3.05, 3.63) is 65.2 Å². The van der Waals surface area contributed by atoms with Crippen LogP contribution in [0.2, 0.25) is 0 Å². The van der Waals surface area contributed by atoms with Crippen molar-refractivity contribution in [1.82, 2.24) is 0 Å². The van der Waals surface area contributed by atoms with E-state index in [0.29, 0.717) is 11.4 Å². The standard InChI is InChI=1S/C22H28ClNO/c1-2-3-4-5-6-7-8-18-11-15-21(16-12-18)24-22(25)20-13-9-19(17-23)10-14-20/h9-16H,2-8,17H2,1H3,(H,24,25). The number of nitrogens with one attached hydrogen (secondary N) is 1. The number of carbonyl (C=O) groups is 1. The maximum Gasteiger partial charge on any atom is 0.255 e. The van der Waals surface area contributed by atoms with Crippen molar-refractivity contribution in [3.8, 4) is 0 Å². The number of unbranched alkanes of at least 4 members (excludes halogenated alkanes) is 5. The van der Waals surface area contributed by atoms with E-state index >= 15 is 0 Å². The van der Waals surface area contributed by atoms with Crippen LogP contribution in [0.1, 0.15) is 66.9 Å². The zero-order chi connectivity index (χ0) is 17.9. The van der Waals surface area contributed by atoms with Crippen molar-refractivity contribution in [2.45, 2.75) is 57.7 Å². The molecule has 0 saturated carbocycles. The van der Waals surface area contributed by atoms with Crippen LogP contribution in [0.3, 0.4) is 0 Å². The summed E-state index contributed by atoms with van der Waals surface area (Å²) in [5, 5.41) is 2.94. The largest absolute Gasteiger partial charge is 0.322 e. The molecule has 134 valence electrons. The number of benzene rings is 2. The molecule has 0 radical (unpaired) electrons. The third-order valence-corrected chi connectivity index (χ3v) is 4.71. The average Bonchev–Trinajstić information content (AvgIpc) is 2.66. The fourth-order valence-corrected chi connectivity index (χ4v) is 2.99. The van der Waals surface area contributed by atoms with E-state index in [1.165, 1.54) is 44.1 Å². The number of halogens is 1. The van der Waals surface area contributed by atoms with Crippen LogP contribution in [0.5, 0.6) is 0 Å². The minimum absolute atomic E-state index is 0.0928. The van der Waals surface area contributed by atoms with Gasteiger partial charge in [-0.3, -0.25) is 4.79 Å². The van der Waals surface area contributed by atoms with Gasteiger partial charge in [0.2, 0.25) is 0 Å². The second-order valence-electron chi connectivity index (χ2n) is 6.50. The number of hydrogen-bond donors (Lipinski definition) is 1. The van der Waals surface area contributed by atoms with Crippen LogP contribution in [-0.4, -0.2) is 5.91 Å². The summed E-state index contributed by atoms with van der Waals surface area (Å²) in [5.74, 6) is 0.368. The second kappa shape index (κ2) is 10.9. The molecule has 0 aliphatic carbocycles. The molecule has 3 heteroatoms. The highest BCUT2D eigenvalue weighted by Crippen LogP contribution is 2.15. The molecule has 0 atom stereocenters. The summed E-state index contributed by atoms with van der Waals surface area (Å²) in [5.41, 5.74) is 3.82. The SMILES string of the molecule is CCCCCCCCc1ccc(NC(=O)c2ccc(CCl)cc2)cc1. The summed E-state index contributed by atoms with van der Waals surface area (Å²) in [6.45, 7) is 2.25. The molecule has 2 nitrogen and oxygen atoms in total. The number of rotatable bonds is 10. The molecule has 0 spiro atoms. The van der Waals surface area contributed by atoms with Crippen LogP contribution < -0.4 is 5.32 Å². The lowest BCUT2D eigenvalue weighted by atomic mass is 10.0. The smallest absolute Gasteiger partial charge is 0.255 e. The van der Waals surface area contributed by atoms with Crippen molar-refractivity contribution in [1.29, 1.82) is 0 Å². The van der Waals surface area contributed by atoms with Crippen molar-refractivity contribution in [3.63, 3.8) is 0 Å². The molecule has 1 N–H and O–H groups in total. The fourth-order valence-electron chi connectivity index (χ4n) is 2.81. The molecular formula is C22H28ClNO. The highest BCUT2D eigenvalue weighted by molar-refractivity contribution is 6.17. The molecule has 2 aromatic rings. The van der Waals surface area contributed by atoms with Crippen molar-refractivity contribution in [2.75, 3.05) is 5.32 Å². The lowest BCUT2D eigenvalue weighted by molar-refractivity contribution is 0.102. The molecule has 0 aliphatic rings. The topological polar surface area (TPSA) is 29.1 Å². The van der Waals surface area contributed by atoms with Gasteiger partial charge in [-0.1, -0.05) is 63.3 Å². The first-order valence-electron chi connectivity index (χ1n) is 9.28. The molecule has 0 bridgehead atoms. The van der Waals surface area contributed by atoms with E-state index in [9.17, 15) is 4.79 Å². The molecule has 0 saturated heterocycles. The minimum Gasteiger partial charge on any atom is -0.322 e. The Hall–Kier alpha value is -1.80. The molecule has 2 rings (SSSR count). The first-order chi connectivity index (χ1) is 12.2. The van der Waals surface area contributed by atoms with Crippen molar-refractivity contribution in [2.24, 2.45) is 0 Å². The molecule has 2 aromatic carbocycles. The lowest BCUT2D eigenvalue weighted by Crippen LogP contribution is -2.11. The summed E-state index contributed by atoms with van der Waals surface area (Å²) in [7, 11) is 0. The Morgan fingerprint density at radius 1 is 0.840 bits per heavy atom. The van der Waals surface area contributed by atoms with Crippen LogP contribution in [0.4, 0.5) is 5.69 Å². The van der Waals surface area contributed by atoms with Crippen molar-refractivity contribution < 1.29 is 4.79 Å². The number of anilines is 1. The number of aryl methyl sites for hydroxylation is 1. The van der Waals surface area contributed by atoms with E-state index in [-0.39, 0.29) is 5.91 Å². The minimum atomic E-state index is -0.0928. The summed E-state index contributed by atoms with van der Waals surface area (Å²) in [4.78, 5) is 12.3. The van der Waals surface area contributed by atoms with Crippen LogP contribution in [0.25, 0.3) is 0 Å². The first-order valence-corrected chi connectivity index (χ1v) is 9.81. The number of alkyl halides is 1. The maximum atomic E-state index is 12.3. The Labute approximate surface area is 156 Å². The Kier molecular flexibility index (Phi) is 8.54. The maximum absolute atomic E-state index is 12.3. The molecule has 0 fully saturated rings. The summed E-state index contributed by atoms with van der Waals surface area (Å²) < 4.78 is 0. The van der Waals surface area contributed by atoms with Gasteiger partial charge in [-0.05, 0) is 48.2 Å². The van der Waals surface area contributed by atoms with Gasteiger partial charge in [0, 0.05) is 17.1 Å². The Morgan fingerprint density at radius 2 is 1.44 bits per heavy atom. The van der Waals surface area contributed by atoms with E-state index in [4.69, 9.17) is 11.6 Å². The zero-order valence-corrected chi connectivity index (χ0v) is 15.8. The second-order valence-corrected chi connectivity index (χ2v) is 6.77. The fraction of sp³-hybridized carbons (Fsp3) is 0.409. The molecular weight excluding hydrogens is 330 g/mol. The molecule has 0 unspecified atom stereocenters. The Balaban J connectivity index is 1.78. The van der Waals surface area contributed by atoms with E-state index in [2.05, 4.69) is 24.4 Å². The highest BCUT2D eigenvalue weighted by Gasteiger charge is 2.06. The Bertz CT molecular complexity index is 634. The first kappa shape index (κ1) is 19.5. The number of carbonyl (C=O) groups excluding carboxylic acids is 1. The van der Waals surface area contributed by atoms with E-state index in [1.807, 2.05) is 24.3 Å². The zero-order valence-electron chi connectivity index (χ0n) is 15.1. The van der Waals surface area contributed by atoms with Gasteiger partial charge in [0.25, 0.3) is 5.91 Å². The van der Waals surface area contributed by atoms with Crippen LogP contribution in [0.15, 0.2) is 48.5 Å². The molecule has 0 aliphatic heterocycles. The molecule has 0 aromatic heterocycles. The summed E-state index contributed by atoms with van der Waals surface area (Å²) in [6, 6.07) is 15.6. The summed E-state index contributed by atoms with van der Waals surface area (Å²) >= 11 is 5.77. The van der Waals surface area contributed by atoms with Crippen LogP contribution in [0, 0.1) is 0 Å². The molecule has 0 heterocycles.